The van der Waals surface area contributed by atoms with E-state index in [0.29, 0.717) is 12.6 Å². The van der Waals surface area contributed by atoms with Crippen molar-refractivity contribution in [2.45, 2.75) is 45.1 Å². The molecule has 0 saturated heterocycles. The van der Waals surface area contributed by atoms with Gasteiger partial charge in [0.2, 0.25) is 0 Å². The van der Waals surface area contributed by atoms with Crippen LogP contribution in [0.3, 0.4) is 0 Å². The fourth-order valence-corrected chi connectivity index (χ4v) is 2.74. The van der Waals surface area contributed by atoms with Gasteiger partial charge in [-0.3, -0.25) is 0 Å². The Kier molecular flexibility index (Phi) is 6.82. The van der Waals surface area contributed by atoms with Crippen LogP contribution in [0.2, 0.25) is 0 Å². The van der Waals surface area contributed by atoms with E-state index in [1.807, 2.05) is 0 Å². The molecule has 3 nitrogen and oxygen atoms in total. The molecular weight excluding hydrogens is 232 g/mol. The first kappa shape index (κ1) is 14.7. The van der Waals surface area contributed by atoms with Gasteiger partial charge in [0.15, 0.2) is 5.11 Å². The van der Waals surface area contributed by atoms with E-state index < -0.39 is 0 Å². The molecule has 4 heteroatoms. The smallest absolute Gasteiger partial charge is 0.169 e. The summed E-state index contributed by atoms with van der Waals surface area (Å²) >= 11 is 5.39. The molecule has 0 unspecified atom stereocenters. The van der Waals surface area contributed by atoms with E-state index in [1.54, 1.807) is 7.11 Å². The van der Waals surface area contributed by atoms with Crippen molar-refractivity contribution in [3.05, 3.63) is 0 Å². The fraction of sp³-hybridized carbons (Fsp3) is 0.923. The van der Waals surface area contributed by atoms with Crippen LogP contribution in [0.4, 0.5) is 0 Å². The molecule has 1 aliphatic rings. The van der Waals surface area contributed by atoms with Gasteiger partial charge in [-0.1, -0.05) is 13.3 Å². The topological polar surface area (TPSA) is 24.5 Å². The van der Waals surface area contributed by atoms with E-state index in [0.717, 1.165) is 17.6 Å². The summed E-state index contributed by atoms with van der Waals surface area (Å²) in [7, 11) is 3.82. The molecule has 1 saturated carbocycles. The maximum atomic E-state index is 5.39. The Balaban J connectivity index is 2.27. The van der Waals surface area contributed by atoms with E-state index in [9.17, 15) is 0 Å². The van der Waals surface area contributed by atoms with Gasteiger partial charge in [0, 0.05) is 26.7 Å². The van der Waals surface area contributed by atoms with Crippen molar-refractivity contribution in [2.75, 3.05) is 27.3 Å². The lowest BCUT2D eigenvalue weighted by molar-refractivity contribution is 0.199. The van der Waals surface area contributed by atoms with Gasteiger partial charge in [0.05, 0.1) is 6.61 Å². The summed E-state index contributed by atoms with van der Waals surface area (Å²) in [5, 5.41) is 4.10. The monoisotopic (exact) mass is 258 g/mol. The highest BCUT2D eigenvalue weighted by Gasteiger charge is 2.24. The highest BCUT2D eigenvalue weighted by atomic mass is 32.1. The second-order valence-corrected chi connectivity index (χ2v) is 5.31. The van der Waals surface area contributed by atoms with Crippen LogP contribution in [0, 0.1) is 5.92 Å². The molecule has 0 bridgehead atoms. The van der Waals surface area contributed by atoms with Gasteiger partial charge in [-0.15, -0.1) is 0 Å². The lowest BCUT2D eigenvalue weighted by Gasteiger charge is -2.35. The molecule has 0 atom stereocenters. The molecule has 1 N–H and O–H groups in total. The zero-order chi connectivity index (χ0) is 12.7. The normalized spacial score (nSPS) is 24.4. The van der Waals surface area contributed by atoms with Crippen LogP contribution in [0.1, 0.15) is 39.0 Å². The summed E-state index contributed by atoms with van der Waals surface area (Å²) in [4.78, 5) is 2.23. The summed E-state index contributed by atoms with van der Waals surface area (Å²) in [5.41, 5.74) is 0. The lowest BCUT2D eigenvalue weighted by atomic mass is 9.84. The summed E-state index contributed by atoms with van der Waals surface area (Å²) in [6.07, 6.45) is 6.59. The average molecular weight is 258 g/mol. The van der Waals surface area contributed by atoms with Gasteiger partial charge in [-0.2, -0.15) is 0 Å². The summed E-state index contributed by atoms with van der Waals surface area (Å²) < 4.78 is 5.01. The first-order valence-corrected chi connectivity index (χ1v) is 7.09. The zero-order valence-electron chi connectivity index (χ0n) is 11.4. The quantitative estimate of drug-likeness (QED) is 0.604. The predicted octanol–water partition coefficient (Wildman–Crippen LogP) is 2.41. The van der Waals surface area contributed by atoms with E-state index in [4.69, 9.17) is 17.0 Å². The average Bonchev–Trinajstić information content (AvgIpc) is 2.38. The third kappa shape index (κ3) is 4.80. The van der Waals surface area contributed by atoms with Crippen LogP contribution in [0.15, 0.2) is 0 Å². The third-order valence-electron chi connectivity index (χ3n) is 3.84. The molecule has 100 valence electrons. The Bertz CT molecular complexity index is 227. The Labute approximate surface area is 111 Å². The molecular formula is C13H26N2OS. The van der Waals surface area contributed by atoms with Crippen molar-refractivity contribution < 1.29 is 4.74 Å². The minimum atomic E-state index is 0.625. The van der Waals surface area contributed by atoms with Gasteiger partial charge < -0.3 is 15.0 Å². The standard InChI is InChI=1S/C13H26N2OS/c1-4-11-5-7-12(8-6-11)15(2)13(17)14-9-10-16-3/h11-12H,4-10H2,1-3H3,(H,14,17). The fourth-order valence-electron chi connectivity index (χ4n) is 2.49. The van der Waals surface area contributed by atoms with Crippen molar-refractivity contribution in [3.63, 3.8) is 0 Å². The molecule has 1 fully saturated rings. The van der Waals surface area contributed by atoms with Crippen LogP contribution in [0.25, 0.3) is 0 Å². The Hall–Kier alpha value is -0.350. The lowest BCUT2D eigenvalue weighted by Crippen LogP contribution is -2.45. The molecule has 0 aromatic rings. The number of hydrogen-bond donors (Lipinski definition) is 1. The minimum absolute atomic E-state index is 0.625. The molecule has 0 heterocycles. The Morgan fingerprint density at radius 2 is 2.00 bits per heavy atom. The number of thiocarbonyl (C=S) groups is 1. The van der Waals surface area contributed by atoms with Crippen LogP contribution in [-0.2, 0) is 4.74 Å². The SMILES string of the molecule is CCC1CCC(N(C)C(=S)NCCOC)CC1. The number of ether oxygens (including phenoxy) is 1. The van der Waals surface area contributed by atoms with Gasteiger partial charge in [0.25, 0.3) is 0 Å². The first-order chi connectivity index (χ1) is 8.19. The van der Waals surface area contributed by atoms with Crippen molar-refractivity contribution in [3.8, 4) is 0 Å². The second-order valence-electron chi connectivity index (χ2n) is 4.92. The molecule has 0 radical (unpaired) electrons. The molecule has 0 amide bonds. The molecule has 0 aliphatic heterocycles. The minimum Gasteiger partial charge on any atom is -0.383 e. The number of methoxy groups -OCH3 is 1. The maximum Gasteiger partial charge on any atom is 0.169 e. The maximum absolute atomic E-state index is 5.39. The van der Waals surface area contributed by atoms with Crippen molar-refractivity contribution >= 4 is 17.3 Å². The Morgan fingerprint density at radius 3 is 2.53 bits per heavy atom. The van der Waals surface area contributed by atoms with Crippen molar-refractivity contribution in [2.24, 2.45) is 5.92 Å². The molecule has 17 heavy (non-hydrogen) atoms. The summed E-state index contributed by atoms with van der Waals surface area (Å²) in [5.74, 6) is 0.940. The Morgan fingerprint density at radius 1 is 1.35 bits per heavy atom. The second kappa shape index (κ2) is 7.88. The van der Waals surface area contributed by atoms with Gasteiger partial charge >= 0.3 is 0 Å². The molecule has 1 rings (SSSR count). The van der Waals surface area contributed by atoms with Crippen molar-refractivity contribution in [1.82, 2.24) is 10.2 Å². The molecule has 0 spiro atoms. The summed E-state index contributed by atoms with van der Waals surface area (Å²) in [6.45, 7) is 3.80. The molecule has 0 aromatic carbocycles. The van der Waals surface area contributed by atoms with E-state index >= 15 is 0 Å². The van der Waals surface area contributed by atoms with E-state index in [1.165, 1.54) is 32.1 Å². The van der Waals surface area contributed by atoms with E-state index in [2.05, 4.69) is 24.2 Å². The zero-order valence-corrected chi connectivity index (χ0v) is 12.2. The van der Waals surface area contributed by atoms with Gasteiger partial charge in [-0.25, -0.2) is 0 Å². The summed E-state index contributed by atoms with van der Waals surface area (Å²) in [6, 6.07) is 0.625. The van der Waals surface area contributed by atoms with Crippen LogP contribution in [-0.4, -0.2) is 43.4 Å². The number of hydrogen-bond acceptors (Lipinski definition) is 2. The highest BCUT2D eigenvalue weighted by molar-refractivity contribution is 7.80. The number of nitrogens with one attached hydrogen (secondary N) is 1. The number of nitrogens with zero attached hydrogens (tertiary/aromatic N) is 1. The van der Waals surface area contributed by atoms with Crippen LogP contribution < -0.4 is 5.32 Å². The molecule has 1 aliphatic carbocycles. The molecule has 0 aromatic heterocycles. The highest BCUT2D eigenvalue weighted by Crippen LogP contribution is 2.28. The van der Waals surface area contributed by atoms with Crippen molar-refractivity contribution in [1.29, 1.82) is 0 Å². The third-order valence-corrected chi connectivity index (χ3v) is 4.28. The van der Waals surface area contributed by atoms with Gasteiger partial charge in [-0.05, 0) is 43.8 Å². The van der Waals surface area contributed by atoms with Crippen LogP contribution >= 0.6 is 12.2 Å². The van der Waals surface area contributed by atoms with E-state index in [-0.39, 0.29) is 0 Å². The van der Waals surface area contributed by atoms with Gasteiger partial charge in [0.1, 0.15) is 0 Å². The largest absolute Gasteiger partial charge is 0.383 e. The van der Waals surface area contributed by atoms with Crippen LogP contribution in [0.5, 0.6) is 0 Å². The first-order valence-electron chi connectivity index (χ1n) is 6.68. The number of rotatable bonds is 5. The predicted molar refractivity (Wildman–Crippen MR) is 76.3 cm³/mol.